The molecule has 16 heavy (non-hydrogen) atoms. The maximum absolute atomic E-state index is 11.3. The van der Waals surface area contributed by atoms with Crippen LogP contribution in [-0.4, -0.2) is 30.1 Å². The summed E-state index contributed by atoms with van der Waals surface area (Å²) in [5.74, 6) is -1.23. The number of hydrogen-bond acceptors (Lipinski definition) is 3. The summed E-state index contributed by atoms with van der Waals surface area (Å²) in [6.45, 7) is 2.73. The Morgan fingerprint density at radius 2 is 2.00 bits per heavy atom. The van der Waals surface area contributed by atoms with Gasteiger partial charge in [0.15, 0.2) is 0 Å². The summed E-state index contributed by atoms with van der Waals surface area (Å²) in [5.41, 5.74) is 5.33. The highest BCUT2D eigenvalue weighted by molar-refractivity contribution is 5.75. The molecule has 0 aromatic heterocycles. The summed E-state index contributed by atoms with van der Waals surface area (Å²) in [4.78, 5) is 21.8. The van der Waals surface area contributed by atoms with Gasteiger partial charge in [0, 0.05) is 13.0 Å². The van der Waals surface area contributed by atoms with E-state index >= 15 is 0 Å². The van der Waals surface area contributed by atoms with Gasteiger partial charge in [0.25, 0.3) is 0 Å². The molecule has 0 fully saturated rings. The van der Waals surface area contributed by atoms with Crippen molar-refractivity contribution in [2.45, 2.75) is 39.0 Å². The molecule has 0 aliphatic heterocycles. The average Bonchev–Trinajstić information content (AvgIpc) is 2.24. The number of hydrogen-bond donors (Lipinski definition) is 3. The van der Waals surface area contributed by atoms with E-state index in [1.54, 1.807) is 6.92 Å². The van der Waals surface area contributed by atoms with Gasteiger partial charge in [-0.1, -0.05) is 13.3 Å². The third-order valence-electron chi connectivity index (χ3n) is 2.43. The van der Waals surface area contributed by atoms with E-state index in [9.17, 15) is 9.59 Å². The zero-order valence-electron chi connectivity index (χ0n) is 9.87. The lowest BCUT2D eigenvalue weighted by molar-refractivity contribution is -0.141. The highest BCUT2D eigenvalue weighted by Crippen LogP contribution is 2.01. The molecule has 0 rings (SSSR count). The van der Waals surface area contributed by atoms with E-state index in [4.69, 9.17) is 10.8 Å². The molecule has 0 spiro atoms. The summed E-state index contributed by atoms with van der Waals surface area (Å²) in [6.07, 6.45) is 3.74. The Hall–Kier alpha value is -1.10. The molecule has 0 aliphatic carbocycles. The van der Waals surface area contributed by atoms with Crippen LogP contribution in [0.5, 0.6) is 0 Å². The SMILES string of the molecule is CC(CCNC(=O)CCCCCN)C(=O)O. The molecule has 94 valence electrons. The summed E-state index contributed by atoms with van der Waals surface area (Å²) in [5, 5.41) is 11.3. The van der Waals surface area contributed by atoms with Crippen LogP contribution < -0.4 is 11.1 Å². The maximum atomic E-state index is 11.3. The normalized spacial score (nSPS) is 12.1. The van der Waals surface area contributed by atoms with Gasteiger partial charge in [-0.3, -0.25) is 9.59 Å². The number of aliphatic carboxylic acids is 1. The van der Waals surface area contributed by atoms with Crippen LogP contribution in [0.4, 0.5) is 0 Å². The molecule has 0 bridgehead atoms. The lowest BCUT2D eigenvalue weighted by atomic mass is 10.1. The van der Waals surface area contributed by atoms with Crippen molar-refractivity contribution in [3.05, 3.63) is 0 Å². The highest BCUT2D eigenvalue weighted by atomic mass is 16.4. The zero-order valence-corrected chi connectivity index (χ0v) is 9.87. The van der Waals surface area contributed by atoms with Gasteiger partial charge in [-0.25, -0.2) is 0 Å². The van der Waals surface area contributed by atoms with Gasteiger partial charge in [-0.05, 0) is 25.8 Å². The molecule has 0 saturated carbocycles. The Kier molecular flexibility index (Phi) is 8.52. The van der Waals surface area contributed by atoms with Crippen LogP contribution in [0.3, 0.4) is 0 Å². The van der Waals surface area contributed by atoms with Crippen molar-refractivity contribution in [3.63, 3.8) is 0 Å². The molecule has 0 saturated heterocycles. The minimum absolute atomic E-state index is 0.00499. The number of amides is 1. The van der Waals surface area contributed by atoms with Gasteiger partial charge in [-0.2, -0.15) is 0 Å². The number of nitrogens with one attached hydrogen (secondary N) is 1. The van der Waals surface area contributed by atoms with E-state index in [0.717, 1.165) is 19.3 Å². The van der Waals surface area contributed by atoms with E-state index in [-0.39, 0.29) is 5.91 Å². The highest BCUT2D eigenvalue weighted by Gasteiger charge is 2.10. The van der Waals surface area contributed by atoms with Crippen molar-refractivity contribution in [1.29, 1.82) is 0 Å². The third kappa shape index (κ3) is 8.23. The van der Waals surface area contributed by atoms with Crippen LogP contribution in [0.25, 0.3) is 0 Å². The largest absolute Gasteiger partial charge is 0.481 e. The molecule has 1 atom stereocenters. The second-order valence-electron chi connectivity index (χ2n) is 3.98. The zero-order chi connectivity index (χ0) is 12.4. The summed E-state index contributed by atoms with van der Waals surface area (Å²) >= 11 is 0. The van der Waals surface area contributed by atoms with Crippen molar-refractivity contribution < 1.29 is 14.7 Å². The average molecular weight is 230 g/mol. The Morgan fingerprint density at radius 1 is 1.31 bits per heavy atom. The molecule has 0 aromatic carbocycles. The van der Waals surface area contributed by atoms with Crippen molar-refractivity contribution in [2.24, 2.45) is 11.7 Å². The van der Waals surface area contributed by atoms with Crippen LogP contribution in [0.1, 0.15) is 39.0 Å². The number of carboxylic acids is 1. The molecule has 0 aromatic rings. The molecule has 5 nitrogen and oxygen atoms in total. The van der Waals surface area contributed by atoms with E-state index in [0.29, 0.717) is 25.9 Å². The minimum Gasteiger partial charge on any atom is -0.481 e. The maximum Gasteiger partial charge on any atom is 0.306 e. The Balaban J connectivity index is 3.40. The van der Waals surface area contributed by atoms with E-state index in [2.05, 4.69) is 5.32 Å². The Bertz CT molecular complexity index is 219. The number of nitrogens with two attached hydrogens (primary N) is 1. The standard InChI is InChI=1S/C11H22N2O3/c1-9(11(15)16)6-8-13-10(14)5-3-2-4-7-12/h9H,2-8,12H2,1H3,(H,13,14)(H,15,16). The first-order valence-electron chi connectivity index (χ1n) is 5.77. The van der Waals surface area contributed by atoms with Crippen molar-refractivity contribution in [1.82, 2.24) is 5.32 Å². The van der Waals surface area contributed by atoms with E-state index < -0.39 is 11.9 Å². The van der Waals surface area contributed by atoms with E-state index in [1.807, 2.05) is 0 Å². The number of carboxylic acid groups (broad SMARTS) is 1. The quantitative estimate of drug-likeness (QED) is 0.509. The smallest absolute Gasteiger partial charge is 0.306 e. The van der Waals surface area contributed by atoms with Crippen LogP contribution in [0.15, 0.2) is 0 Å². The molecule has 5 heteroatoms. The van der Waals surface area contributed by atoms with Gasteiger partial charge < -0.3 is 16.2 Å². The minimum atomic E-state index is -0.822. The fraction of sp³-hybridized carbons (Fsp3) is 0.818. The number of unbranched alkanes of at least 4 members (excludes halogenated alkanes) is 2. The number of carbonyl (C=O) groups is 2. The second kappa shape index (κ2) is 9.15. The molecule has 1 amide bonds. The van der Waals surface area contributed by atoms with Crippen molar-refractivity contribution in [2.75, 3.05) is 13.1 Å². The molecule has 0 radical (unpaired) electrons. The van der Waals surface area contributed by atoms with Crippen molar-refractivity contribution in [3.8, 4) is 0 Å². The van der Waals surface area contributed by atoms with Gasteiger partial charge >= 0.3 is 5.97 Å². The topological polar surface area (TPSA) is 92.4 Å². The summed E-state index contributed by atoms with van der Waals surface area (Å²) in [6, 6.07) is 0. The first-order chi connectivity index (χ1) is 7.57. The van der Waals surface area contributed by atoms with Crippen LogP contribution in [0, 0.1) is 5.92 Å². The number of carbonyl (C=O) groups excluding carboxylic acids is 1. The van der Waals surface area contributed by atoms with Crippen LogP contribution >= 0.6 is 0 Å². The molecular formula is C11H22N2O3. The van der Waals surface area contributed by atoms with Gasteiger partial charge in [-0.15, -0.1) is 0 Å². The fourth-order valence-corrected chi connectivity index (χ4v) is 1.25. The molecule has 4 N–H and O–H groups in total. The lowest BCUT2D eigenvalue weighted by Crippen LogP contribution is -2.26. The molecule has 0 aliphatic rings. The van der Waals surface area contributed by atoms with Crippen LogP contribution in [0.2, 0.25) is 0 Å². The summed E-state index contributed by atoms with van der Waals surface area (Å²) in [7, 11) is 0. The fourth-order valence-electron chi connectivity index (χ4n) is 1.25. The predicted octanol–water partition coefficient (Wildman–Crippen LogP) is 0.733. The van der Waals surface area contributed by atoms with Crippen LogP contribution in [-0.2, 0) is 9.59 Å². The first kappa shape index (κ1) is 14.9. The molecular weight excluding hydrogens is 208 g/mol. The van der Waals surface area contributed by atoms with Crippen molar-refractivity contribution >= 4 is 11.9 Å². The van der Waals surface area contributed by atoms with Gasteiger partial charge in [0.1, 0.15) is 0 Å². The third-order valence-corrected chi connectivity index (χ3v) is 2.43. The lowest BCUT2D eigenvalue weighted by Gasteiger charge is -2.07. The first-order valence-corrected chi connectivity index (χ1v) is 5.77. The molecule has 0 heterocycles. The summed E-state index contributed by atoms with van der Waals surface area (Å²) < 4.78 is 0. The molecule has 1 unspecified atom stereocenters. The Labute approximate surface area is 96.4 Å². The Morgan fingerprint density at radius 3 is 2.56 bits per heavy atom. The van der Waals surface area contributed by atoms with Gasteiger partial charge in [0.05, 0.1) is 5.92 Å². The predicted molar refractivity (Wildman–Crippen MR) is 61.9 cm³/mol. The van der Waals surface area contributed by atoms with Gasteiger partial charge in [0.2, 0.25) is 5.91 Å². The second-order valence-corrected chi connectivity index (χ2v) is 3.98. The monoisotopic (exact) mass is 230 g/mol. The number of rotatable bonds is 9. The van der Waals surface area contributed by atoms with E-state index in [1.165, 1.54) is 0 Å².